The molecule has 0 radical (unpaired) electrons. The van der Waals surface area contributed by atoms with Gasteiger partial charge in [-0.25, -0.2) is 5.10 Å². The van der Waals surface area contributed by atoms with Gasteiger partial charge in [0, 0.05) is 12.5 Å². The van der Waals surface area contributed by atoms with Crippen LogP contribution in [0.25, 0.3) is 0 Å². The molecule has 1 aromatic heterocycles. The van der Waals surface area contributed by atoms with Crippen LogP contribution in [-0.2, 0) is 4.79 Å². The third-order valence-corrected chi connectivity index (χ3v) is 3.03. The maximum atomic E-state index is 11.8. The smallest absolute Gasteiger partial charge is 0.226 e. The number of anilines is 1. The second-order valence-electron chi connectivity index (χ2n) is 3.73. The number of nitrogens with one attached hydrogen (secondary N) is 2. The van der Waals surface area contributed by atoms with Crippen molar-refractivity contribution in [3.05, 3.63) is 35.9 Å². The summed E-state index contributed by atoms with van der Waals surface area (Å²) in [6.45, 7) is 1.38. The zero-order valence-electron chi connectivity index (χ0n) is 10.2. The lowest BCUT2D eigenvalue weighted by Crippen LogP contribution is -2.07. The molecule has 98 valence electrons. The number of ketones is 1. The molecule has 0 unspecified atom stereocenters. The van der Waals surface area contributed by atoms with Crippen LogP contribution in [0, 0.1) is 0 Å². The number of nitrogens with zero attached hydrogens (tertiary/aromatic N) is 2. The third-order valence-electron chi connectivity index (χ3n) is 2.19. The quantitative estimate of drug-likeness (QED) is 0.641. The highest BCUT2D eigenvalue weighted by molar-refractivity contribution is 7.99. The SMILES string of the molecule is CC(=O)Nc1nc(SCC(=O)c2ccccc2)n[nH]1. The summed E-state index contributed by atoms with van der Waals surface area (Å²) in [4.78, 5) is 26.7. The molecule has 0 atom stereocenters. The van der Waals surface area contributed by atoms with Gasteiger partial charge in [0.1, 0.15) is 0 Å². The van der Waals surface area contributed by atoms with Crippen LogP contribution in [0.15, 0.2) is 35.5 Å². The van der Waals surface area contributed by atoms with Crippen LogP contribution < -0.4 is 5.32 Å². The lowest BCUT2D eigenvalue weighted by Gasteiger charge is -1.97. The van der Waals surface area contributed by atoms with Gasteiger partial charge in [0.2, 0.25) is 17.0 Å². The van der Waals surface area contributed by atoms with E-state index in [-0.39, 0.29) is 23.4 Å². The number of Topliss-reactive ketones (excluding diaryl/α,β-unsaturated/α-hetero) is 1. The zero-order chi connectivity index (χ0) is 13.7. The first-order chi connectivity index (χ1) is 9.15. The molecule has 1 heterocycles. The molecule has 0 spiro atoms. The van der Waals surface area contributed by atoms with Gasteiger partial charge in [0.15, 0.2) is 5.78 Å². The summed E-state index contributed by atoms with van der Waals surface area (Å²) >= 11 is 1.22. The van der Waals surface area contributed by atoms with Crippen molar-refractivity contribution in [3.63, 3.8) is 0 Å². The minimum Gasteiger partial charge on any atom is -0.295 e. The molecule has 0 aliphatic carbocycles. The van der Waals surface area contributed by atoms with Gasteiger partial charge in [-0.05, 0) is 0 Å². The van der Waals surface area contributed by atoms with Crippen LogP contribution in [0.4, 0.5) is 5.95 Å². The number of hydrogen-bond donors (Lipinski definition) is 2. The predicted octanol–water partition coefficient (Wildman–Crippen LogP) is 1.74. The molecule has 19 heavy (non-hydrogen) atoms. The molecule has 0 aliphatic rings. The van der Waals surface area contributed by atoms with E-state index in [1.165, 1.54) is 18.7 Å². The molecular weight excluding hydrogens is 264 g/mol. The standard InChI is InChI=1S/C12H12N4O2S/c1-8(17)13-11-14-12(16-15-11)19-7-10(18)9-5-3-2-4-6-9/h2-6H,7H2,1H3,(H2,13,14,15,16,17). The second kappa shape index (κ2) is 6.14. The van der Waals surface area contributed by atoms with Gasteiger partial charge in [-0.3, -0.25) is 14.9 Å². The fourth-order valence-corrected chi connectivity index (χ4v) is 2.06. The molecule has 0 fully saturated rings. The Balaban J connectivity index is 1.90. The van der Waals surface area contributed by atoms with Crippen LogP contribution >= 0.6 is 11.8 Å². The number of H-pyrrole nitrogens is 1. The maximum absolute atomic E-state index is 11.8. The molecule has 2 N–H and O–H groups in total. The molecule has 0 saturated carbocycles. The molecular formula is C12H12N4O2S. The van der Waals surface area contributed by atoms with E-state index in [0.29, 0.717) is 10.7 Å². The number of hydrogen-bond acceptors (Lipinski definition) is 5. The van der Waals surface area contributed by atoms with E-state index < -0.39 is 0 Å². The number of amides is 1. The number of thioether (sulfide) groups is 1. The van der Waals surface area contributed by atoms with Crippen molar-refractivity contribution >= 4 is 29.4 Å². The predicted molar refractivity (Wildman–Crippen MR) is 72.2 cm³/mol. The Kier molecular flexibility index (Phi) is 4.30. The molecule has 1 amide bonds. The van der Waals surface area contributed by atoms with Crippen molar-refractivity contribution in [2.45, 2.75) is 12.1 Å². The van der Waals surface area contributed by atoms with Gasteiger partial charge in [-0.2, -0.15) is 4.98 Å². The summed E-state index contributed by atoms with van der Waals surface area (Å²) in [7, 11) is 0. The Bertz CT molecular complexity index is 582. The van der Waals surface area contributed by atoms with E-state index >= 15 is 0 Å². The number of carbonyl (C=O) groups excluding carboxylic acids is 2. The highest BCUT2D eigenvalue weighted by atomic mass is 32.2. The summed E-state index contributed by atoms with van der Waals surface area (Å²) in [5.41, 5.74) is 0.660. The van der Waals surface area contributed by atoms with Gasteiger partial charge in [-0.15, -0.1) is 5.10 Å². The van der Waals surface area contributed by atoms with Crippen molar-refractivity contribution < 1.29 is 9.59 Å². The monoisotopic (exact) mass is 276 g/mol. The van der Waals surface area contributed by atoms with Crippen molar-refractivity contribution in [1.82, 2.24) is 15.2 Å². The molecule has 0 aliphatic heterocycles. The fourth-order valence-electron chi connectivity index (χ4n) is 1.37. The molecule has 2 rings (SSSR count). The van der Waals surface area contributed by atoms with E-state index in [2.05, 4.69) is 20.5 Å². The molecule has 0 saturated heterocycles. The van der Waals surface area contributed by atoms with Crippen molar-refractivity contribution in [1.29, 1.82) is 0 Å². The molecule has 0 bridgehead atoms. The first kappa shape index (κ1) is 13.3. The average Bonchev–Trinajstić information content (AvgIpc) is 2.84. The summed E-state index contributed by atoms with van der Waals surface area (Å²) in [6, 6.07) is 9.03. The Morgan fingerprint density at radius 1 is 1.32 bits per heavy atom. The number of benzene rings is 1. The van der Waals surface area contributed by atoms with Gasteiger partial charge in [-0.1, -0.05) is 42.1 Å². The summed E-state index contributed by atoms with van der Waals surface area (Å²) in [5, 5.41) is 9.37. The van der Waals surface area contributed by atoms with E-state index in [9.17, 15) is 9.59 Å². The van der Waals surface area contributed by atoms with E-state index in [1.807, 2.05) is 18.2 Å². The number of carbonyl (C=O) groups is 2. The lowest BCUT2D eigenvalue weighted by molar-refractivity contribution is -0.114. The third kappa shape index (κ3) is 3.92. The number of aromatic amines is 1. The topological polar surface area (TPSA) is 87.7 Å². The average molecular weight is 276 g/mol. The minimum absolute atomic E-state index is 0.0106. The van der Waals surface area contributed by atoms with Crippen molar-refractivity contribution in [2.24, 2.45) is 0 Å². The van der Waals surface area contributed by atoms with E-state index in [4.69, 9.17) is 0 Å². The van der Waals surface area contributed by atoms with Gasteiger partial charge >= 0.3 is 0 Å². The van der Waals surface area contributed by atoms with Crippen molar-refractivity contribution in [2.75, 3.05) is 11.1 Å². The highest BCUT2D eigenvalue weighted by Crippen LogP contribution is 2.15. The van der Waals surface area contributed by atoms with Crippen LogP contribution in [0.5, 0.6) is 0 Å². The Labute approximate surface area is 114 Å². The van der Waals surface area contributed by atoms with Crippen LogP contribution in [0.1, 0.15) is 17.3 Å². The molecule has 1 aromatic carbocycles. The summed E-state index contributed by atoms with van der Waals surface area (Å²) in [6.07, 6.45) is 0. The van der Waals surface area contributed by atoms with Gasteiger partial charge in [0.05, 0.1) is 5.75 Å². The Morgan fingerprint density at radius 3 is 2.74 bits per heavy atom. The van der Waals surface area contributed by atoms with Crippen LogP contribution in [0.2, 0.25) is 0 Å². The molecule has 2 aromatic rings. The van der Waals surface area contributed by atoms with Gasteiger partial charge < -0.3 is 0 Å². The minimum atomic E-state index is -0.229. The van der Waals surface area contributed by atoms with Crippen molar-refractivity contribution in [3.8, 4) is 0 Å². The normalized spacial score (nSPS) is 10.2. The zero-order valence-corrected chi connectivity index (χ0v) is 11.0. The van der Waals surface area contributed by atoms with Gasteiger partial charge in [0.25, 0.3) is 0 Å². The van der Waals surface area contributed by atoms with Crippen LogP contribution in [-0.4, -0.2) is 32.6 Å². The first-order valence-corrected chi connectivity index (χ1v) is 6.55. The molecule has 7 heteroatoms. The highest BCUT2D eigenvalue weighted by Gasteiger charge is 2.09. The number of rotatable bonds is 5. The van der Waals surface area contributed by atoms with E-state index in [0.717, 1.165) is 0 Å². The summed E-state index contributed by atoms with van der Waals surface area (Å²) < 4.78 is 0. The first-order valence-electron chi connectivity index (χ1n) is 5.56. The van der Waals surface area contributed by atoms with Crippen LogP contribution in [0.3, 0.4) is 0 Å². The maximum Gasteiger partial charge on any atom is 0.226 e. The van der Waals surface area contributed by atoms with E-state index in [1.54, 1.807) is 12.1 Å². The lowest BCUT2D eigenvalue weighted by atomic mass is 10.2. The molecule has 6 nitrogen and oxygen atoms in total. The Morgan fingerprint density at radius 2 is 2.05 bits per heavy atom. The number of aromatic nitrogens is 3. The fraction of sp³-hybridized carbons (Fsp3) is 0.167. The largest absolute Gasteiger partial charge is 0.295 e. The Hall–Kier alpha value is -2.15. The second-order valence-corrected chi connectivity index (χ2v) is 4.67. The summed E-state index contributed by atoms with van der Waals surface area (Å²) in [5.74, 6) is 0.313.